The van der Waals surface area contributed by atoms with Crippen LogP contribution in [0.2, 0.25) is 0 Å². The number of aromatic nitrogens is 2. The molecule has 2 bridgehead atoms. The molecule has 6 heteroatoms. The maximum Gasteiger partial charge on any atom is 0.258 e. The van der Waals surface area contributed by atoms with Crippen LogP contribution in [0.4, 0.5) is 0 Å². The van der Waals surface area contributed by atoms with Crippen molar-refractivity contribution in [2.24, 2.45) is 0 Å². The molecule has 0 unspecified atom stereocenters. The molecule has 0 N–H and O–H groups in total. The Balaban J connectivity index is 1.71. The van der Waals surface area contributed by atoms with Crippen molar-refractivity contribution >= 4 is 5.91 Å². The first-order valence-corrected chi connectivity index (χ1v) is 8.49. The summed E-state index contributed by atoms with van der Waals surface area (Å²) in [6.45, 7) is 1.90. The van der Waals surface area contributed by atoms with E-state index in [0.29, 0.717) is 17.1 Å². The van der Waals surface area contributed by atoms with Crippen molar-refractivity contribution in [1.82, 2.24) is 14.9 Å². The second kappa shape index (κ2) is 6.02. The largest absolute Gasteiger partial charge is 0.497 e. The van der Waals surface area contributed by atoms with Gasteiger partial charge in [-0.3, -0.25) is 4.79 Å². The zero-order valence-corrected chi connectivity index (χ0v) is 14.7. The molecule has 1 aromatic heterocycles. The molecule has 0 aliphatic carbocycles. The van der Waals surface area contributed by atoms with Crippen LogP contribution in [-0.2, 0) is 6.42 Å². The molecule has 2 atom stereocenters. The number of rotatable bonds is 3. The number of carbonyl (C=O) groups excluding carboxylic acids is 1. The average molecular weight is 339 g/mol. The third kappa shape index (κ3) is 2.52. The van der Waals surface area contributed by atoms with Gasteiger partial charge < -0.3 is 14.4 Å². The van der Waals surface area contributed by atoms with Crippen molar-refractivity contribution in [1.29, 1.82) is 0 Å². The third-order valence-electron chi connectivity index (χ3n) is 5.18. The van der Waals surface area contributed by atoms with Gasteiger partial charge in [-0.15, -0.1) is 0 Å². The molecule has 4 rings (SSSR count). The molecule has 0 radical (unpaired) electrons. The second-order valence-electron chi connectivity index (χ2n) is 6.55. The van der Waals surface area contributed by atoms with E-state index in [1.165, 1.54) is 0 Å². The minimum Gasteiger partial charge on any atom is -0.497 e. The van der Waals surface area contributed by atoms with E-state index < -0.39 is 0 Å². The van der Waals surface area contributed by atoms with Crippen LogP contribution in [0.15, 0.2) is 24.4 Å². The zero-order chi connectivity index (χ0) is 17.6. The van der Waals surface area contributed by atoms with Crippen molar-refractivity contribution < 1.29 is 14.3 Å². The van der Waals surface area contributed by atoms with Gasteiger partial charge in [0.1, 0.15) is 17.3 Å². The predicted octanol–water partition coefficient (Wildman–Crippen LogP) is 2.70. The summed E-state index contributed by atoms with van der Waals surface area (Å²) in [4.78, 5) is 24.2. The molecule has 3 heterocycles. The molecule has 0 spiro atoms. The van der Waals surface area contributed by atoms with Gasteiger partial charge in [0.2, 0.25) is 0 Å². The van der Waals surface area contributed by atoms with Gasteiger partial charge in [-0.1, -0.05) is 0 Å². The maximum absolute atomic E-state index is 13.3. The lowest BCUT2D eigenvalue weighted by Gasteiger charge is -2.36. The number of amides is 1. The first-order chi connectivity index (χ1) is 12.1. The first kappa shape index (κ1) is 15.9. The summed E-state index contributed by atoms with van der Waals surface area (Å²) in [5, 5.41) is 0. The van der Waals surface area contributed by atoms with Crippen LogP contribution >= 0.6 is 0 Å². The van der Waals surface area contributed by atoms with E-state index in [4.69, 9.17) is 9.47 Å². The molecule has 1 amide bonds. The quantitative estimate of drug-likeness (QED) is 0.860. The highest BCUT2D eigenvalue weighted by molar-refractivity contribution is 5.98. The molecule has 6 nitrogen and oxygen atoms in total. The van der Waals surface area contributed by atoms with Crippen LogP contribution in [0.1, 0.15) is 46.3 Å². The number of hydrogen-bond donors (Lipinski definition) is 0. The Bertz CT molecular complexity index is 837. The van der Waals surface area contributed by atoms with Crippen molar-refractivity contribution in [3.63, 3.8) is 0 Å². The molecule has 2 aliphatic rings. The number of fused-ring (bicyclic) bond motifs is 4. The smallest absolute Gasteiger partial charge is 0.258 e. The minimum atomic E-state index is -0.00164. The average Bonchev–Trinajstić information content (AvgIpc) is 2.95. The van der Waals surface area contributed by atoms with E-state index in [2.05, 4.69) is 9.97 Å². The van der Waals surface area contributed by atoms with Gasteiger partial charge in [-0.2, -0.15) is 0 Å². The van der Waals surface area contributed by atoms with E-state index in [1.54, 1.807) is 32.4 Å². The van der Waals surface area contributed by atoms with Crippen LogP contribution in [-0.4, -0.2) is 41.0 Å². The highest BCUT2D eigenvalue weighted by atomic mass is 16.5. The fourth-order valence-corrected chi connectivity index (χ4v) is 4.00. The standard InChI is InChI=1S/C19H21N3O3/c1-11-20-10-15-16(21-11)8-12-4-7-17(15)22(12)19(23)14-6-5-13(24-2)9-18(14)25-3/h5-6,9-10,12,17H,4,7-8H2,1-3H3/t12-,17+/m0/s1. The summed E-state index contributed by atoms with van der Waals surface area (Å²) < 4.78 is 10.7. The Morgan fingerprint density at radius 1 is 1.24 bits per heavy atom. The Morgan fingerprint density at radius 2 is 2.08 bits per heavy atom. The van der Waals surface area contributed by atoms with Crippen LogP contribution in [0, 0.1) is 6.92 Å². The summed E-state index contributed by atoms with van der Waals surface area (Å²) in [5.74, 6) is 1.99. The Labute approximate surface area is 146 Å². The highest BCUT2D eigenvalue weighted by Crippen LogP contribution is 2.44. The molecule has 2 aromatic rings. The van der Waals surface area contributed by atoms with Crippen LogP contribution in [0.3, 0.4) is 0 Å². The minimum absolute atomic E-state index is 0.00164. The van der Waals surface area contributed by atoms with E-state index >= 15 is 0 Å². The molecule has 1 fully saturated rings. The topological polar surface area (TPSA) is 64.5 Å². The highest BCUT2D eigenvalue weighted by Gasteiger charge is 2.44. The summed E-state index contributed by atoms with van der Waals surface area (Å²) in [6.07, 6.45) is 4.62. The van der Waals surface area contributed by atoms with E-state index in [-0.39, 0.29) is 18.0 Å². The van der Waals surface area contributed by atoms with Gasteiger partial charge in [0.25, 0.3) is 5.91 Å². The summed E-state index contributed by atoms with van der Waals surface area (Å²) in [7, 11) is 3.17. The number of hydrogen-bond acceptors (Lipinski definition) is 5. The Kier molecular flexibility index (Phi) is 3.82. The summed E-state index contributed by atoms with van der Waals surface area (Å²) >= 11 is 0. The van der Waals surface area contributed by atoms with Gasteiger partial charge in [0.05, 0.1) is 31.5 Å². The van der Waals surface area contributed by atoms with Gasteiger partial charge in [-0.25, -0.2) is 9.97 Å². The summed E-state index contributed by atoms with van der Waals surface area (Å²) in [5.41, 5.74) is 2.74. The number of methoxy groups -OCH3 is 2. The van der Waals surface area contributed by atoms with Crippen molar-refractivity contribution in [2.45, 2.75) is 38.3 Å². The fourth-order valence-electron chi connectivity index (χ4n) is 4.00. The van der Waals surface area contributed by atoms with E-state index in [1.807, 2.05) is 18.0 Å². The lowest BCUT2D eigenvalue weighted by atomic mass is 9.98. The Morgan fingerprint density at radius 3 is 2.84 bits per heavy atom. The fraction of sp³-hybridized carbons (Fsp3) is 0.421. The zero-order valence-electron chi connectivity index (χ0n) is 14.7. The molecule has 25 heavy (non-hydrogen) atoms. The van der Waals surface area contributed by atoms with Crippen LogP contribution < -0.4 is 9.47 Å². The maximum atomic E-state index is 13.3. The number of ether oxygens (including phenoxy) is 2. The molecule has 1 saturated heterocycles. The predicted molar refractivity (Wildman–Crippen MR) is 92.0 cm³/mol. The van der Waals surface area contributed by atoms with Crippen LogP contribution in [0.5, 0.6) is 11.5 Å². The number of carbonyl (C=O) groups is 1. The summed E-state index contributed by atoms with van der Waals surface area (Å²) in [6, 6.07) is 5.56. The third-order valence-corrected chi connectivity index (χ3v) is 5.18. The molecular formula is C19H21N3O3. The Hall–Kier alpha value is -2.63. The van der Waals surface area contributed by atoms with Gasteiger partial charge in [0, 0.05) is 30.3 Å². The van der Waals surface area contributed by atoms with E-state index in [9.17, 15) is 4.79 Å². The lowest BCUT2D eigenvalue weighted by molar-refractivity contribution is 0.0640. The molecular weight excluding hydrogens is 318 g/mol. The SMILES string of the molecule is COc1ccc(C(=O)N2[C@H]3CC[C@@H]2c2cnc(C)nc2C3)c(OC)c1. The molecule has 130 valence electrons. The number of nitrogens with zero attached hydrogens (tertiary/aromatic N) is 3. The molecule has 0 saturated carbocycles. The van der Waals surface area contributed by atoms with Crippen LogP contribution in [0.25, 0.3) is 0 Å². The van der Waals surface area contributed by atoms with Crippen molar-refractivity contribution in [2.75, 3.05) is 14.2 Å². The normalized spacial score (nSPS) is 21.0. The number of aryl methyl sites for hydroxylation is 1. The molecule has 1 aromatic carbocycles. The monoisotopic (exact) mass is 339 g/mol. The first-order valence-electron chi connectivity index (χ1n) is 8.49. The molecule has 2 aliphatic heterocycles. The van der Waals surface area contributed by atoms with Crippen molar-refractivity contribution in [3.8, 4) is 11.5 Å². The van der Waals surface area contributed by atoms with Crippen molar-refractivity contribution in [3.05, 3.63) is 47.0 Å². The van der Waals surface area contributed by atoms with Gasteiger partial charge in [0.15, 0.2) is 0 Å². The number of benzene rings is 1. The van der Waals surface area contributed by atoms with Gasteiger partial charge in [-0.05, 0) is 31.9 Å². The second-order valence-corrected chi connectivity index (χ2v) is 6.55. The van der Waals surface area contributed by atoms with E-state index in [0.717, 1.165) is 36.3 Å². The lowest BCUT2D eigenvalue weighted by Crippen LogP contribution is -2.42. The van der Waals surface area contributed by atoms with Gasteiger partial charge >= 0.3 is 0 Å².